The molecule has 8 nitrogen and oxygen atoms in total. The van der Waals surface area contributed by atoms with Crippen molar-refractivity contribution in [2.45, 2.75) is 31.1 Å². The Balaban J connectivity index is 1.29. The van der Waals surface area contributed by atoms with Crippen LogP contribution in [0.4, 0.5) is 11.8 Å². The number of rotatable bonds is 9. The molecule has 3 aromatic rings. The molecule has 0 amide bonds. The number of piperidine rings is 1. The third-order valence-electron chi connectivity index (χ3n) is 5.33. The topological polar surface area (TPSA) is 96.5 Å². The van der Waals surface area contributed by atoms with Gasteiger partial charge in [0, 0.05) is 37.9 Å². The molecule has 1 saturated heterocycles. The second kappa shape index (κ2) is 10.6. The van der Waals surface area contributed by atoms with Crippen LogP contribution in [0, 0.1) is 6.92 Å². The molecule has 9 heteroatoms. The zero-order chi connectivity index (χ0) is 23.1. The van der Waals surface area contributed by atoms with Crippen molar-refractivity contribution in [3.63, 3.8) is 0 Å². The van der Waals surface area contributed by atoms with Gasteiger partial charge in [0.1, 0.15) is 17.3 Å². The highest BCUT2D eigenvalue weighted by Gasteiger charge is 2.15. The third kappa shape index (κ3) is 6.43. The lowest BCUT2D eigenvalue weighted by molar-refractivity contribution is 0.482. The van der Waals surface area contributed by atoms with Gasteiger partial charge in [0.2, 0.25) is 16.0 Å². The first-order valence-corrected chi connectivity index (χ1v) is 12.6. The van der Waals surface area contributed by atoms with E-state index in [-0.39, 0.29) is 11.4 Å². The van der Waals surface area contributed by atoms with Gasteiger partial charge in [-0.15, -0.1) is 0 Å². The Kier molecular flexibility index (Phi) is 7.41. The van der Waals surface area contributed by atoms with Crippen LogP contribution >= 0.6 is 0 Å². The highest BCUT2D eigenvalue weighted by Crippen LogP contribution is 2.23. The van der Waals surface area contributed by atoms with Crippen LogP contribution < -0.4 is 19.7 Å². The molecule has 1 aliphatic rings. The van der Waals surface area contributed by atoms with Crippen molar-refractivity contribution >= 4 is 21.8 Å². The van der Waals surface area contributed by atoms with Gasteiger partial charge in [-0.3, -0.25) is 0 Å². The van der Waals surface area contributed by atoms with E-state index in [9.17, 15) is 8.42 Å². The van der Waals surface area contributed by atoms with Gasteiger partial charge < -0.3 is 15.0 Å². The Morgan fingerprint density at radius 1 is 0.909 bits per heavy atom. The second-order valence-electron chi connectivity index (χ2n) is 7.95. The maximum Gasteiger partial charge on any atom is 0.240 e. The minimum Gasteiger partial charge on any atom is -0.457 e. The molecular formula is C24H29N5O3S. The molecule has 174 valence electrons. The molecule has 0 saturated carbocycles. The molecule has 0 unspecified atom stereocenters. The molecule has 1 aromatic heterocycles. The lowest BCUT2D eigenvalue weighted by atomic mass is 10.1. The van der Waals surface area contributed by atoms with Crippen LogP contribution in [0.25, 0.3) is 0 Å². The summed E-state index contributed by atoms with van der Waals surface area (Å²) in [5, 5.41) is 3.13. The average Bonchev–Trinajstić information content (AvgIpc) is 2.83. The van der Waals surface area contributed by atoms with E-state index in [4.69, 9.17) is 4.74 Å². The van der Waals surface area contributed by atoms with Crippen LogP contribution in [-0.4, -0.2) is 44.6 Å². The number of aryl methyl sites for hydroxylation is 1. The van der Waals surface area contributed by atoms with Crippen molar-refractivity contribution in [1.82, 2.24) is 14.7 Å². The number of ether oxygens (including phenoxy) is 1. The van der Waals surface area contributed by atoms with Gasteiger partial charge in [0.15, 0.2) is 0 Å². The van der Waals surface area contributed by atoms with E-state index < -0.39 is 10.0 Å². The summed E-state index contributed by atoms with van der Waals surface area (Å²) in [6.45, 7) is 4.53. The molecule has 0 spiro atoms. The molecule has 0 bridgehead atoms. The Morgan fingerprint density at radius 2 is 1.61 bits per heavy atom. The van der Waals surface area contributed by atoms with Crippen LogP contribution in [0.5, 0.6) is 11.5 Å². The van der Waals surface area contributed by atoms with Gasteiger partial charge in [0.05, 0.1) is 4.90 Å². The highest BCUT2D eigenvalue weighted by atomic mass is 32.2. The molecule has 2 N–H and O–H groups in total. The average molecular weight is 468 g/mol. The molecule has 1 aliphatic heterocycles. The van der Waals surface area contributed by atoms with Gasteiger partial charge in [-0.1, -0.05) is 18.2 Å². The van der Waals surface area contributed by atoms with E-state index in [2.05, 4.69) is 24.9 Å². The van der Waals surface area contributed by atoms with E-state index in [0.29, 0.717) is 24.0 Å². The Labute approximate surface area is 195 Å². The molecule has 2 heterocycles. The van der Waals surface area contributed by atoms with Gasteiger partial charge in [0.25, 0.3) is 0 Å². The predicted octanol–water partition coefficient (Wildman–Crippen LogP) is 3.96. The lowest BCUT2D eigenvalue weighted by Gasteiger charge is -2.28. The first-order chi connectivity index (χ1) is 16.0. The number of sulfonamides is 1. The number of nitrogens with zero attached hydrogens (tertiary/aromatic N) is 3. The van der Waals surface area contributed by atoms with Gasteiger partial charge in [-0.2, -0.15) is 4.98 Å². The predicted molar refractivity (Wildman–Crippen MR) is 129 cm³/mol. The fraction of sp³-hybridized carbons (Fsp3) is 0.333. The first-order valence-electron chi connectivity index (χ1n) is 11.2. The number of hydrogen-bond donors (Lipinski definition) is 2. The summed E-state index contributed by atoms with van der Waals surface area (Å²) in [6, 6.07) is 17.7. The summed E-state index contributed by atoms with van der Waals surface area (Å²) in [4.78, 5) is 11.5. The summed E-state index contributed by atoms with van der Waals surface area (Å²) >= 11 is 0. The summed E-state index contributed by atoms with van der Waals surface area (Å²) in [5.41, 5.74) is 0.881. The third-order valence-corrected chi connectivity index (χ3v) is 6.81. The second-order valence-corrected chi connectivity index (χ2v) is 9.72. The van der Waals surface area contributed by atoms with Crippen molar-refractivity contribution in [2.75, 3.05) is 36.4 Å². The SMILES string of the molecule is Cc1cc(N2CCCCC2)nc(NCCNS(=O)(=O)c2ccc(Oc3ccccc3)cc2)n1. The summed E-state index contributed by atoms with van der Waals surface area (Å²) in [7, 11) is -3.63. The number of anilines is 2. The van der Waals surface area contributed by atoms with Crippen LogP contribution in [0.2, 0.25) is 0 Å². The Morgan fingerprint density at radius 3 is 2.33 bits per heavy atom. The largest absolute Gasteiger partial charge is 0.457 e. The summed E-state index contributed by atoms with van der Waals surface area (Å²) < 4.78 is 33.5. The maximum absolute atomic E-state index is 12.6. The molecule has 1 fully saturated rings. The fourth-order valence-electron chi connectivity index (χ4n) is 3.67. The van der Waals surface area contributed by atoms with Crippen molar-refractivity contribution in [3.8, 4) is 11.5 Å². The maximum atomic E-state index is 12.6. The van der Waals surface area contributed by atoms with Crippen LogP contribution in [-0.2, 0) is 10.0 Å². The van der Waals surface area contributed by atoms with E-state index in [0.717, 1.165) is 24.6 Å². The smallest absolute Gasteiger partial charge is 0.240 e. The number of para-hydroxylation sites is 1. The van der Waals surface area contributed by atoms with Crippen molar-refractivity contribution in [1.29, 1.82) is 0 Å². The first kappa shape index (κ1) is 23.0. The van der Waals surface area contributed by atoms with Crippen molar-refractivity contribution in [2.24, 2.45) is 0 Å². The molecule has 2 aromatic carbocycles. The monoisotopic (exact) mass is 467 g/mol. The van der Waals surface area contributed by atoms with E-state index in [1.54, 1.807) is 12.1 Å². The normalized spacial score (nSPS) is 14.2. The Bertz CT molecular complexity index is 1150. The molecule has 33 heavy (non-hydrogen) atoms. The highest BCUT2D eigenvalue weighted by molar-refractivity contribution is 7.89. The lowest BCUT2D eigenvalue weighted by Crippen LogP contribution is -2.31. The standard InChI is InChI=1S/C24H29N5O3S/c1-19-18-23(29-16-6-3-7-17-29)28-24(27-19)25-14-15-26-33(30,31)22-12-10-21(11-13-22)32-20-8-4-2-5-9-20/h2,4-5,8-13,18,26H,3,6-7,14-17H2,1H3,(H,25,27,28). The minimum absolute atomic E-state index is 0.183. The molecule has 4 rings (SSSR count). The van der Waals surface area contributed by atoms with Crippen LogP contribution in [0.3, 0.4) is 0 Å². The molecular weight excluding hydrogens is 438 g/mol. The fourth-order valence-corrected chi connectivity index (χ4v) is 4.70. The summed E-state index contributed by atoms with van der Waals surface area (Å²) in [5.74, 6) is 2.70. The van der Waals surface area contributed by atoms with Crippen LogP contribution in [0.15, 0.2) is 65.6 Å². The molecule has 0 aliphatic carbocycles. The van der Waals surface area contributed by atoms with Crippen molar-refractivity contribution < 1.29 is 13.2 Å². The minimum atomic E-state index is -3.63. The van der Waals surface area contributed by atoms with E-state index in [1.165, 1.54) is 31.4 Å². The zero-order valence-corrected chi connectivity index (χ0v) is 19.5. The zero-order valence-electron chi connectivity index (χ0n) is 18.7. The summed E-state index contributed by atoms with van der Waals surface area (Å²) in [6.07, 6.45) is 3.61. The van der Waals surface area contributed by atoms with Gasteiger partial charge in [-0.25, -0.2) is 18.1 Å². The molecule has 0 radical (unpaired) electrons. The van der Waals surface area contributed by atoms with Gasteiger partial charge in [-0.05, 0) is 62.6 Å². The van der Waals surface area contributed by atoms with E-state index >= 15 is 0 Å². The number of aromatic nitrogens is 2. The van der Waals surface area contributed by atoms with E-state index in [1.807, 2.05) is 43.3 Å². The Hall–Kier alpha value is -3.17. The quantitative estimate of drug-likeness (QED) is 0.460. The number of hydrogen-bond acceptors (Lipinski definition) is 7. The van der Waals surface area contributed by atoms with Gasteiger partial charge >= 0.3 is 0 Å². The van der Waals surface area contributed by atoms with Crippen LogP contribution in [0.1, 0.15) is 25.0 Å². The number of benzene rings is 2. The number of nitrogens with one attached hydrogen (secondary N) is 2. The van der Waals surface area contributed by atoms with Crippen molar-refractivity contribution in [3.05, 3.63) is 66.4 Å². The molecule has 0 atom stereocenters.